The summed E-state index contributed by atoms with van der Waals surface area (Å²) in [5.74, 6) is -0.379. The zero-order valence-corrected chi connectivity index (χ0v) is 12.4. The van der Waals surface area contributed by atoms with Crippen LogP contribution in [0.2, 0.25) is 0 Å². The summed E-state index contributed by atoms with van der Waals surface area (Å²) in [4.78, 5) is 15.5. The van der Waals surface area contributed by atoms with Crippen LogP contribution in [0.25, 0.3) is 10.9 Å². The molecular weight excluding hydrogens is 330 g/mol. The molecule has 1 unspecified atom stereocenters. The fourth-order valence-corrected chi connectivity index (χ4v) is 4.62. The summed E-state index contributed by atoms with van der Waals surface area (Å²) < 4.78 is 23.8. The molecule has 1 aromatic carbocycles. The number of carbonyl (C=O) groups is 1. The summed E-state index contributed by atoms with van der Waals surface area (Å²) in [6.45, 7) is 0. The third kappa shape index (κ3) is 2.34. The van der Waals surface area contributed by atoms with Crippen LogP contribution in [0.3, 0.4) is 0 Å². The van der Waals surface area contributed by atoms with Gasteiger partial charge in [0.25, 0.3) is 0 Å². The lowest BCUT2D eigenvalue weighted by Gasteiger charge is -2.05. The first-order valence-electron chi connectivity index (χ1n) is 5.97. The molecule has 1 N–H and O–H groups in total. The van der Waals surface area contributed by atoms with Crippen LogP contribution in [0.5, 0.6) is 0 Å². The van der Waals surface area contributed by atoms with Crippen LogP contribution in [0.4, 0.5) is 0 Å². The maximum atomic E-state index is 12.4. The molecule has 0 radical (unpaired) electrons. The minimum Gasteiger partial charge on any atom is -0.360 e. The molecule has 4 nitrogen and oxygen atoms in total. The Morgan fingerprint density at radius 1 is 1.37 bits per heavy atom. The molecule has 2 heterocycles. The van der Waals surface area contributed by atoms with Crippen LogP contribution in [-0.4, -0.2) is 30.7 Å². The van der Waals surface area contributed by atoms with Gasteiger partial charge in [0.2, 0.25) is 0 Å². The number of aromatic amines is 1. The summed E-state index contributed by atoms with van der Waals surface area (Å²) in [5, 5.41) is 0.837. The van der Waals surface area contributed by atoms with Gasteiger partial charge in [-0.25, -0.2) is 8.42 Å². The van der Waals surface area contributed by atoms with Crippen molar-refractivity contribution in [3.63, 3.8) is 0 Å². The second-order valence-corrected chi connectivity index (χ2v) is 8.00. The van der Waals surface area contributed by atoms with E-state index in [9.17, 15) is 13.2 Å². The van der Waals surface area contributed by atoms with Gasteiger partial charge >= 0.3 is 0 Å². The van der Waals surface area contributed by atoms with Crippen molar-refractivity contribution in [2.45, 2.75) is 6.42 Å². The molecule has 1 saturated heterocycles. The number of fused-ring (bicyclic) bond motifs is 1. The highest BCUT2D eigenvalue weighted by Crippen LogP contribution is 2.28. The van der Waals surface area contributed by atoms with Crippen LogP contribution >= 0.6 is 15.9 Å². The molecule has 100 valence electrons. The summed E-state index contributed by atoms with van der Waals surface area (Å²) in [6.07, 6.45) is 2.10. The van der Waals surface area contributed by atoms with Crippen molar-refractivity contribution < 1.29 is 13.2 Å². The normalized spacial score (nSPS) is 21.8. The van der Waals surface area contributed by atoms with E-state index < -0.39 is 15.8 Å². The fourth-order valence-electron chi connectivity index (χ4n) is 2.52. The number of Topliss-reactive ketones (excluding diaryl/α,β-unsaturated/α-hetero) is 1. The van der Waals surface area contributed by atoms with Crippen LogP contribution in [0.15, 0.2) is 28.9 Å². The van der Waals surface area contributed by atoms with Gasteiger partial charge < -0.3 is 4.98 Å². The van der Waals surface area contributed by atoms with Crippen molar-refractivity contribution in [2.75, 3.05) is 11.5 Å². The lowest BCUT2D eigenvalue weighted by Crippen LogP contribution is -2.15. The van der Waals surface area contributed by atoms with E-state index in [-0.39, 0.29) is 17.3 Å². The van der Waals surface area contributed by atoms with Gasteiger partial charge in [-0.1, -0.05) is 15.9 Å². The predicted molar refractivity (Wildman–Crippen MR) is 77.1 cm³/mol. The lowest BCUT2D eigenvalue weighted by atomic mass is 9.97. The van der Waals surface area contributed by atoms with Crippen molar-refractivity contribution in [2.24, 2.45) is 5.92 Å². The van der Waals surface area contributed by atoms with Gasteiger partial charge in [0.15, 0.2) is 15.6 Å². The fraction of sp³-hybridized carbons (Fsp3) is 0.308. The highest BCUT2D eigenvalue weighted by molar-refractivity contribution is 9.10. The van der Waals surface area contributed by atoms with Gasteiger partial charge in [0.1, 0.15) is 0 Å². The van der Waals surface area contributed by atoms with E-state index in [2.05, 4.69) is 20.9 Å². The topological polar surface area (TPSA) is 67.0 Å². The monoisotopic (exact) mass is 341 g/mol. The van der Waals surface area contributed by atoms with Crippen molar-refractivity contribution in [3.05, 3.63) is 34.4 Å². The summed E-state index contributed by atoms with van der Waals surface area (Å²) in [5.41, 5.74) is 1.46. The van der Waals surface area contributed by atoms with Gasteiger partial charge in [0, 0.05) is 33.1 Å². The molecule has 1 aliphatic rings. The van der Waals surface area contributed by atoms with E-state index in [1.165, 1.54) is 0 Å². The first-order valence-corrected chi connectivity index (χ1v) is 8.59. The highest BCUT2D eigenvalue weighted by atomic mass is 79.9. The van der Waals surface area contributed by atoms with Crippen molar-refractivity contribution >= 4 is 42.5 Å². The van der Waals surface area contributed by atoms with E-state index >= 15 is 0 Å². The van der Waals surface area contributed by atoms with E-state index in [1.54, 1.807) is 6.20 Å². The third-order valence-corrected chi connectivity index (χ3v) is 5.77. The van der Waals surface area contributed by atoms with E-state index in [0.717, 1.165) is 15.4 Å². The first kappa shape index (κ1) is 12.9. The van der Waals surface area contributed by atoms with Crippen LogP contribution in [0, 0.1) is 5.92 Å². The number of nitrogens with one attached hydrogen (secondary N) is 1. The average Bonchev–Trinajstić information content (AvgIpc) is 2.91. The van der Waals surface area contributed by atoms with Gasteiger partial charge in [-0.2, -0.15) is 0 Å². The minimum absolute atomic E-state index is 0.0213. The molecule has 1 fully saturated rings. The molecule has 2 aromatic rings. The molecular formula is C13H12BrNO3S. The number of rotatable bonds is 2. The molecule has 1 aromatic heterocycles. The zero-order chi connectivity index (χ0) is 13.6. The van der Waals surface area contributed by atoms with Crippen molar-refractivity contribution in [1.82, 2.24) is 4.98 Å². The number of H-pyrrole nitrogens is 1. The number of sulfone groups is 1. The number of hydrogen-bond acceptors (Lipinski definition) is 3. The van der Waals surface area contributed by atoms with E-state index in [0.29, 0.717) is 12.0 Å². The van der Waals surface area contributed by atoms with Gasteiger partial charge in [-0.3, -0.25) is 4.79 Å². The zero-order valence-electron chi connectivity index (χ0n) is 10.0. The maximum Gasteiger partial charge on any atom is 0.169 e. The summed E-state index contributed by atoms with van der Waals surface area (Å²) in [7, 11) is -3.03. The van der Waals surface area contributed by atoms with Crippen molar-refractivity contribution in [3.8, 4) is 0 Å². The van der Waals surface area contributed by atoms with E-state index in [1.807, 2.05) is 18.2 Å². The Hall–Kier alpha value is -1.14. The molecule has 1 aliphatic heterocycles. The number of ketones is 1. The Morgan fingerprint density at radius 2 is 2.16 bits per heavy atom. The first-order chi connectivity index (χ1) is 8.96. The Bertz CT molecular complexity index is 763. The maximum absolute atomic E-state index is 12.4. The van der Waals surface area contributed by atoms with Crippen molar-refractivity contribution in [1.29, 1.82) is 0 Å². The molecule has 1 atom stereocenters. The smallest absolute Gasteiger partial charge is 0.169 e. The second kappa shape index (κ2) is 4.45. The number of aromatic nitrogens is 1. The SMILES string of the molecule is O=C(c1c[nH]c2ccc(Br)cc12)C1CCS(=O)(=O)C1. The van der Waals surface area contributed by atoms with Crippen LogP contribution < -0.4 is 0 Å². The minimum atomic E-state index is -3.03. The Labute approximate surface area is 119 Å². The standard InChI is InChI=1S/C13H12BrNO3S/c14-9-1-2-12-10(5-9)11(6-15-12)13(16)8-3-4-19(17,18)7-8/h1-2,5-6,8,15H,3-4,7H2. The third-order valence-electron chi connectivity index (χ3n) is 3.51. The largest absolute Gasteiger partial charge is 0.360 e. The molecule has 0 bridgehead atoms. The van der Waals surface area contributed by atoms with Crippen LogP contribution in [0.1, 0.15) is 16.8 Å². The van der Waals surface area contributed by atoms with Crippen LogP contribution in [-0.2, 0) is 9.84 Å². The number of hydrogen-bond donors (Lipinski definition) is 1. The molecule has 6 heteroatoms. The summed E-state index contributed by atoms with van der Waals surface area (Å²) in [6, 6.07) is 5.66. The highest BCUT2D eigenvalue weighted by Gasteiger charge is 2.34. The molecule has 0 spiro atoms. The molecule has 0 amide bonds. The number of benzene rings is 1. The Morgan fingerprint density at radius 3 is 2.84 bits per heavy atom. The van der Waals surface area contributed by atoms with Gasteiger partial charge in [0.05, 0.1) is 11.5 Å². The Kier molecular flexibility index (Phi) is 3.02. The summed E-state index contributed by atoms with van der Waals surface area (Å²) >= 11 is 3.38. The predicted octanol–water partition coefficient (Wildman–Crippen LogP) is 2.55. The quantitative estimate of drug-likeness (QED) is 0.853. The van der Waals surface area contributed by atoms with E-state index in [4.69, 9.17) is 0 Å². The molecule has 19 heavy (non-hydrogen) atoms. The number of carbonyl (C=O) groups excluding carboxylic acids is 1. The molecule has 3 rings (SSSR count). The number of halogens is 1. The molecule has 0 saturated carbocycles. The van der Waals surface area contributed by atoms with Gasteiger partial charge in [-0.05, 0) is 24.6 Å². The lowest BCUT2D eigenvalue weighted by molar-refractivity contribution is 0.0935. The van der Waals surface area contributed by atoms with Gasteiger partial charge in [-0.15, -0.1) is 0 Å². The molecule has 0 aliphatic carbocycles. The second-order valence-electron chi connectivity index (χ2n) is 4.86. The Balaban J connectivity index is 2.01. The average molecular weight is 342 g/mol.